The van der Waals surface area contributed by atoms with Crippen LogP contribution in [0.5, 0.6) is 5.75 Å². The minimum atomic E-state index is -0.399. The standard InChI is InChI=1S/C22H18ClN3O3S/c1-29-19-12-7-15(13-18(19)23)21(28)26-22(30)25-17-10-8-16(9-11-17)24-20(27)14-5-3-2-4-6-14/h2-13H,1H3,(H,24,27)(H2,25,26,28,30). The van der Waals surface area contributed by atoms with Crippen molar-refractivity contribution < 1.29 is 14.3 Å². The third-order valence-electron chi connectivity index (χ3n) is 4.08. The number of hydrogen-bond donors (Lipinski definition) is 3. The molecule has 30 heavy (non-hydrogen) atoms. The van der Waals surface area contributed by atoms with Crippen LogP contribution in [0.25, 0.3) is 0 Å². The molecule has 3 rings (SSSR count). The second kappa shape index (κ2) is 9.87. The van der Waals surface area contributed by atoms with Gasteiger partial charge in [-0.15, -0.1) is 0 Å². The van der Waals surface area contributed by atoms with Gasteiger partial charge in [-0.05, 0) is 66.8 Å². The van der Waals surface area contributed by atoms with Crippen LogP contribution in [0.1, 0.15) is 20.7 Å². The van der Waals surface area contributed by atoms with Crippen LogP contribution >= 0.6 is 23.8 Å². The summed E-state index contributed by atoms with van der Waals surface area (Å²) >= 11 is 11.2. The fraction of sp³-hybridized carbons (Fsp3) is 0.0455. The zero-order valence-electron chi connectivity index (χ0n) is 15.9. The minimum absolute atomic E-state index is 0.132. The molecule has 0 bridgehead atoms. The number of rotatable bonds is 5. The molecule has 0 spiro atoms. The van der Waals surface area contributed by atoms with Crippen molar-refractivity contribution in [2.75, 3.05) is 17.7 Å². The predicted octanol–water partition coefficient (Wildman–Crippen LogP) is 4.73. The van der Waals surface area contributed by atoms with E-state index in [0.717, 1.165) is 0 Å². The number of anilines is 2. The highest BCUT2D eigenvalue weighted by Gasteiger charge is 2.11. The van der Waals surface area contributed by atoms with E-state index < -0.39 is 5.91 Å². The molecule has 0 atom stereocenters. The van der Waals surface area contributed by atoms with Gasteiger partial charge in [-0.2, -0.15) is 0 Å². The molecule has 0 aliphatic heterocycles. The number of thiocarbonyl (C=S) groups is 1. The molecule has 0 aromatic heterocycles. The van der Waals surface area contributed by atoms with Crippen LogP contribution in [-0.2, 0) is 0 Å². The third kappa shape index (κ3) is 5.56. The Labute approximate surface area is 184 Å². The van der Waals surface area contributed by atoms with E-state index in [9.17, 15) is 9.59 Å². The molecule has 2 amide bonds. The fourth-order valence-corrected chi connectivity index (χ4v) is 3.04. The molecule has 0 saturated carbocycles. The number of amides is 2. The van der Waals surface area contributed by atoms with Crippen molar-refractivity contribution in [3.05, 3.63) is 88.9 Å². The van der Waals surface area contributed by atoms with Crippen molar-refractivity contribution in [3.8, 4) is 5.75 Å². The summed E-state index contributed by atoms with van der Waals surface area (Å²) < 4.78 is 5.07. The van der Waals surface area contributed by atoms with E-state index in [0.29, 0.717) is 33.3 Å². The Hall–Kier alpha value is -3.42. The van der Waals surface area contributed by atoms with E-state index in [2.05, 4.69) is 16.0 Å². The monoisotopic (exact) mass is 439 g/mol. The zero-order valence-corrected chi connectivity index (χ0v) is 17.5. The maximum Gasteiger partial charge on any atom is 0.257 e. The number of carbonyl (C=O) groups is 2. The molecule has 0 unspecified atom stereocenters. The largest absolute Gasteiger partial charge is 0.495 e. The zero-order chi connectivity index (χ0) is 21.5. The van der Waals surface area contributed by atoms with Crippen LogP contribution in [0, 0.1) is 0 Å². The van der Waals surface area contributed by atoms with Crippen molar-refractivity contribution in [3.63, 3.8) is 0 Å². The SMILES string of the molecule is COc1ccc(C(=O)NC(=S)Nc2ccc(NC(=O)c3ccccc3)cc2)cc1Cl. The van der Waals surface area contributed by atoms with E-state index in [1.165, 1.54) is 13.2 Å². The highest BCUT2D eigenvalue weighted by atomic mass is 35.5. The first-order valence-electron chi connectivity index (χ1n) is 8.88. The lowest BCUT2D eigenvalue weighted by atomic mass is 10.2. The van der Waals surface area contributed by atoms with Crippen LogP contribution in [0.2, 0.25) is 5.02 Å². The number of halogens is 1. The number of benzene rings is 3. The molecular weight excluding hydrogens is 422 g/mol. The molecule has 6 nitrogen and oxygen atoms in total. The summed E-state index contributed by atoms with van der Waals surface area (Å²) in [6.07, 6.45) is 0. The maximum absolute atomic E-state index is 12.3. The van der Waals surface area contributed by atoms with Crippen LogP contribution in [-0.4, -0.2) is 24.0 Å². The van der Waals surface area contributed by atoms with Gasteiger partial charge in [-0.25, -0.2) is 0 Å². The van der Waals surface area contributed by atoms with Crippen molar-refractivity contribution in [1.29, 1.82) is 0 Å². The van der Waals surface area contributed by atoms with Crippen LogP contribution in [0.15, 0.2) is 72.8 Å². The fourth-order valence-electron chi connectivity index (χ4n) is 2.57. The molecule has 0 heterocycles. The minimum Gasteiger partial charge on any atom is -0.495 e. The van der Waals surface area contributed by atoms with Crippen molar-refractivity contribution in [2.45, 2.75) is 0 Å². The molecule has 152 valence electrons. The molecule has 0 radical (unpaired) electrons. The number of nitrogens with one attached hydrogen (secondary N) is 3. The second-order valence-electron chi connectivity index (χ2n) is 6.16. The summed E-state index contributed by atoms with van der Waals surface area (Å²) in [6, 6.07) is 20.6. The summed E-state index contributed by atoms with van der Waals surface area (Å²) in [4.78, 5) is 24.5. The molecule has 0 aliphatic carbocycles. The Kier molecular flexibility index (Phi) is 7.00. The van der Waals surface area contributed by atoms with Crippen molar-refractivity contribution in [2.24, 2.45) is 0 Å². The lowest BCUT2D eigenvalue weighted by molar-refractivity contribution is 0.0976. The maximum atomic E-state index is 12.3. The summed E-state index contributed by atoms with van der Waals surface area (Å²) in [6.45, 7) is 0. The molecule has 8 heteroatoms. The number of ether oxygens (including phenoxy) is 1. The molecule has 0 fully saturated rings. The van der Waals surface area contributed by atoms with Gasteiger partial charge < -0.3 is 15.4 Å². The van der Waals surface area contributed by atoms with E-state index in [1.54, 1.807) is 60.7 Å². The van der Waals surface area contributed by atoms with Gasteiger partial charge in [0.1, 0.15) is 5.75 Å². The average molecular weight is 440 g/mol. The summed E-state index contributed by atoms with van der Waals surface area (Å²) in [7, 11) is 1.50. The van der Waals surface area contributed by atoms with Crippen LogP contribution in [0.3, 0.4) is 0 Å². The summed E-state index contributed by atoms with van der Waals surface area (Å²) in [5.74, 6) is -0.116. The Morgan fingerprint density at radius 1 is 0.833 bits per heavy atom. The van der Waals surface area contributed by atoms with Gasteiger partial charge >= 0.3 is 0 Å². The second-order valence-corrected chi connectivity index (χ2v) is 6.97. The molecule has 3 aromatic carbocycles. The number of hydrogen-bond acceptors (Lipinski definition) is 4. The highest BCUT2D eigenvalue weighted by Crippen LogP contribution is 2.24. The highest BCUT2D eigenvalue weighted by molar-refractivity contribution is 7.80. The van der Waals surface area contributed by atoms with Gasteiger partial charge in [0, 0.05) is 22.5 Å². The first kappa shape index (κ1) is 21.3. The molecular formula is C22H18ClN3O3S. The Morgan fingerprint density at radius 3 is 2.07 bits per heavy atom. The predicted molar refractivity (Wildman–Crippen MR) is 123 cm³/mol. The number of methoxy groups -OCH3 is 1. The van der Waals surface area contributed by atoms with E-state index >= 15 is 0 Å². The van der Waals surface area contributed by atoms with E-state index in [-0.39, 0.29) is 11.0 Å². The molecule has 0 saturated heterocycles. The van der Waals surface area contributed by atoms with E-state index in [1.807, 2.05) is 6.07 Å². The Balaban J connectivity index is 1.56. The summed E-state index contributed by atoms with van der Waals surface area (Å²) in [5, 5.41) is 8.79. The van der Waals surface area contributed by atoms with Gasteiger partial charge in [0.2, 0.25) is 0 Å². The van der Waals surface area contributed by atoms with Gasteiger partial charge in [0.05, 0.1) is 12.1 Å². The molecule has 3 N–H and O–H groups in total. The topological polar surface area (TPSA) is 79.5 Å². The van der Waals surface area contributed by atoms with Gasteiger partial charge in [-0.1, -0.05) is 29.8 Å². The third-order valence-corrected chi connectivity index (χ3v) is 4.58. The van der Waals surface area contributed by atoms with Crippen molar-refractivity contribution in [1.82, 2.24) is 5.32 Å². The number of carbonyl (C=O) groups excluding carboxylic acids is 2. The Bertz CT molecular complexity index is 1070. The van der Waals surface area contributed by atoms with Gasteiger partial charge in [-0.3, -0.25) is 14.9 Å². The smallest absolute Gasteiger partial charge is 0.257 e. The van der Waals surface area contributed by atoms with Gasteiger partial charge in [0.15, 0.2) is 5.11 Å². The van der Waals surface area contributed by atoms with Gasteiger partial charge in [0.25, 0.3) is 11.8 Å². The lowest BCUT2D eigenvalue weighted by Gasteiger charge is -2.11. The van der Waals surface area contributed by atoms with E-state index in [4.69, 9.17) is 28.6 Å². The first-order valence-corrected chi connectivity index (χ1v) is 9.67. The lowest BCUT2D eigenvalue weighted by Crippen LogP contribution is -2.34. The first-order chi connectivity index (χ1) is 14.5. The molecule has 3 aromatic rings. The quantitative estimate of drug-likeness (QED) is 0.501. The Morgan fingerprint density at radius 2 is 1.47 bits per heavy atom. The van der Waals surface area contributed by atoms with Crippen molar-refractivity contribution >= 4 is 52.1 Å². The normalized spacial score (nSPS) is 10.1. The average Bonchev–Trinajstić information content (AvgIpc) is 2.75. The summed E-state index contributed by atoms with van der Waals surface area (Å²) in [5.41, 5.74) is 2.22. The van der Waals surface area contributed by atoms with Crippen LogP contribution in [0.4, 0.5) is 11.4 Å². The van der Waals surface area contributed by atoms with Crippen LogP contribution < -0.4 is 20.7 Å². The molecule has 0 aliphatic rings.